The first-order valence-electron chi connectivity index (χ1n) is 8.14. The van der Waals surface area contributed by atoms with Gasteiger partial charge in [-0.25, -0.2) is 0 Å². The van der Waals surface area contributed by atoms with Gasteiger partial charge in [0.1, 0.15) is 19.0 Å². The molecule has 0 bridgehead atoms. The van der Waals surface area contributed by atoms with Crippen molar-refractivity contribution in [2.45, 2.75) is 12.2 Å². The van der Waals surface area contributed by atoms with E-state index in [1.165, 1.54) is 11.3 Å². The predicted octanol–water partition coefficient (Wildman–Crippen LogP) is 4.39. The number of allylic oxidation sites excluding steroid dienone is 3. The van der Waals surface area contributed by atoms with Crippen molar-refractivity contribution in [1.82, 2.24) is 4.57 Å². The Balaban J connectivity index is 1.55. The van der Waals surface area contributed by atoms with Crippen LogP contribution >= 0.6 is 23.6 Å². The molecule has 0 spiro atoms. The maximum absolute atomic E-state index is 10.8. The van der Waals surface area contributed by atoms with Crippen molar-refractivity contribution in [3.63, 3.8) is 0 Å². The summed E-state index contributed by atoms with van der Waals surface area (Å²) < 4.78 is 13.2. The molecule has 1 aromatic carbocycles. The number of fused-ring (bicyclic) bond motifs is 2. The van der Waals surface area contributed by atoms with Crippen molar-refractivity contribution in [2.75, 3.05) is 6.79 Å². The molecule has 26 heavy (non-hydrogen) atoms. The summed E-state index contributed by atoms with van der Waals surface area (Å²) in [7, 11) is 0. The average Bonchev–Trinajstić information content (AvgIpc) is 3.34. The lowest BCUT2D eigenvalue weighted by atomic mass is 10.1. The average molecular weight is 382 g/mol. The van der Waals surface area contributed by atoms with Crippen molar-refractivity contribution in [1.29, 1.82) is 0 Å². The van der Waals surface area contributed by atoms with Crippen LogP contribution in [0.4, 0.5) is 5.69 Å². The molecule has 1 aliphatic carbocycles. The van der Waals surface area contributed by atoms with Crippen molar-refractivity contribution in [2.24, 2.45) is 4.99 Å². The van der Waals surface area contributed by atoms with Gasteiger partial charge < -0.3 is 14.6 Å². The molecule has 5 nitrogen and oxygen atoms in total. The van der Waals surface area contributed by atoms with Gasteiger partial charge in [-0.1, -0.05) is 24.3 Å². The summed E-state index contributed by atoms with van der Waals surface area (Å²) in [5.74, 6) is 0.124. The zero-order valence-electron chi connectivity index (χ0n) is 13.5. The predicted molar refractivity (Wildman–Crippen MR) is 105 cm³/mol. The molecular weight excluding hydrogens is 368 g/mol. The summed E-state index contributed by atoms with van der Waals surface area (Å²) in [6, 6.07) is 7.93. The molecular formula is C19H14N2O3S2. The third kappa shape index (κ3) is 2.52. The zero-order chi connectivity index (χ0) is 17.7. The van der Waals surface area contributed by atoms with Crippen LogP contribution in [-0.2, 0) is 9.47 Å². The van der Waals surface area contributed by atoms with Gasteiger partial charge in [0.25, 0.3) is 0 Å². The third-order valence-corrected chi connectivity index (χ3v) is 5.86. The fourth-order valence-electron chi connectivity index (χ4n) is 3.26. The van der Waals surface area contributed by atoms with E-state index < -0.39 is 0 Å². The maximum Gasteiger partial charge on any atom is 0.215 e. The number of rotatable bonds is 2. The Labute approximate surface area is 158 Å². The largest absolute Gasteiger partial charge is 0.493 e. The minimum atomic E-state index is -0.146. The minimum Gasteiger partial charge on any atom is -0.493 e. The molecule has 1 saturated heterocycles. The molecule has 1 N–H and O–H groups in total. The molecule has 3 aliphatic rings. The van der Waals surface area contributed by atoms with Gasteiger partial charge in [0.05, 0.1) is 10.6 Å². The van der Waals surface area contributed by atoms with Crippen LogP contribution in [0.25, 0.3) is 17.3 Å². The highest BCUT2D eigenvalue weighted by molar-refractivity contribution is 7.73. The number of benzene rings is 1. The van der Waals surface area contributed by atoms with Crippen molar-refractivity contribution in [3.8, 4) is 5.88 Å². The molecule has 2 aromatic rings. The zero-order valence-corrected chi connectivity index (χ0v) is 15.2. The van der Waals surface area contributed by atoms with E-state index in [4.69, 9.17) is 21.7 Å². The van der Waals surface area contributed by atoms with Gasteiger partial charge in [-0.3, -0.25) is 9.56 Å². The lowest BCUT2D eigenvalue weighted by Gasteiger charge is -2.17. The van der Waals surface area contributed by atoms with Crippen molar-refractivity contribution in [3.05, 3.63) is 56.9 Å². The van der Waals surface area contributed by atoms with E-state index in [0.717, 1.165) is 22.5 Å². The lowest BCUT2D eigenvalue weighted by Crippen LogP contribution is -2.21. The first-order valence-corrected chi connectivity index (χ1v) is 9.37. The van der Waals surface area contributed by atoms with Crippen LogP contribution in [0.1, 0.15) is 10.4 Å². The molecule has 0 amide bonds. The molecule has 5 rings (SSSR count). The quantitative estimate of drug-likeness (QED) is 0.783. The summed E-state index contributed by atoms with van der Waals surface area (Å²) in [6.45, 7) is 0.278. The van der Waals surface area contributed by atoms with Gasteiger partial charge in [0.15, 0.2) is 3.95 Å². The monoisotopic (exact) mass is 382 g/mol. The van der Waals surface area contributed by atoms with Gasteiger partial charge in [0, 0.05) is 23.0 Å². The number of aromatic nitrogens is 1. The molecule has 2 atom stereocenters. The fraction of sp³-hybridized carbons (Fsp3) is 0.158. The molecule has 0 unspecified atom stereocenters. The lowest BCUT2D eigenvalue weighted by molar-refractivity contribution is 0.0503. The maximum atomic E-state index is 10.8. The summed E-state index contributed by atoms with van der Waals surface area (Å²) in [5.41, 5.74) is 3.73. The van der Waals surface area contributed by atoms with Crippen LogP contribution in [0, 0.1) is 3.95 Å². The Hall–Kier alpha value is -2.32. The Morgan fingerprint density at radius 3 is 3.04 bits per heavy atom. The van der Waals surface area contributed by atoms with Crippen LogP contribution < -0.4 is 0 Å². The molecule has 1 aromatic heterocycles. The van der Waals surface area contributed by atoms with Crippen molar-refractivity contribution < 1.29 is 14.6 Å². The SMILES string of the molecule is Oc1c(C=C2C=Nc3ccccc32)sc(=S)n1C1=C[C@@H]2OCO[C@H]2C=C1. The van der Waals surface area contributed by atoms with E-state index in [1.54, 1.807) is 4.57 Å². The van der Waals surface area contributed by atoms with E-state index in [2.05, 4.69) is 4.99 Å². The summed E-state index contributed by atoms with van der Waals surface area (Å²) in [5, 5.41) is 10.8. The number of thiazole rings is 1. The molecule has 1 fully saturated rings. The Kier molecular flexibility index (Phi) is 3.75. The van der Waals surface area contributed by atoms with E-state index >= 15 is 0 Å². The normalized spacial score (nSPS) is 24.8. The van der Waals surface area contributed by atoms with Crippen LogP contribution in [0.3, 0.4) is 0 Å². The number of aliphatic imine (C=N–C) groups is 1. The molecule has 7 heteroatoms. The van der Waals surface area contributed by atoms with Crippen LogP contribution in [-0.4, -0.2) is 34.9 Å². The first kappa shape index (κ1) is 15.9. The van der Waals surface area contributed by atoms with E-state index in [9.17, 15) is 5.11 Å². The second kappa shape index (κ2) is 6.14. The fourth-order valence-corrected chi connectivity index (χ4v) is 4.56. The highest BCUT2D eigenvalue weighted by Crippen LogP contribution is 2.37. The molecule has 0 saturated carbocycles. The van der Waals surface area contributed by atoms with E-state index in [-0.39, 0.29) is 24.9 Å². The summed E-state index contributed by atoms with van der Waals surface area (Å²) in [6.07, 6.45) is 9.29. The number of aromatic hydroxyl groups is 1. The number of ether oxygens (including phenoxy) is 2. The van der Waals surface area contributed by atoms with E-state index in [1.807, 2.05) is 54.8 Å². The molecule has 130 valence electrons. The third-order valence-electron chi connectivity index (χ3n) is 4.55. The standard InChI is InChI=1S/C19H14N2O3S2/c22-18-17(7-11-9-20-14-4-2-1-3-13(11)14)26-19(25)21(18)12-5-6-15-16(8-12)24-10-23-15/h1-9,15-16,22H,10H2/t15-,16-/m0/s1. The van der Waals surface area contributed by atoms with Gasteiger partial charge in [-0.05, 0) is 36.5 Å². The van der Waals surface area contributed by atoms with Crippen LogP contribution in [0.2, 0.25) is 0 Å². The number of hydrogen-bond donors (Lipinski definition) is 1. The number of nitrogens with zero attached hydrogens (tertiary/aromatic N) is 2. The first-order chi connectivity index (χ1) is 12.7. The van der Waals surface area contributed by atoms with Crippen LogP contribution in [0.5, 0.6) is 5.88 Å². The van der Waals surface area contributed by atoms with E-state index in [0.29, 0.717) is 8.83 Å². The highest BCUT2D eigenvalue weighted by Gasteiger charge is 2.29. The molecule has 0 radical (unpaired) electrons. The number of para-hydroxylation sites is 1. The number of hydrogen-bond acceptors (Lipinski definition) is 6. The smallest absolute Gasteiger partial charge is 0.215 e. The van der Waals surface area contributed by atoms with Gasteiger partial charge in [-0.15, -0.1) is 11.3 Å². The Morgan fingerprint density at radius 1 is 1.27 bits per heavy atom. The second-order valence-corrected chi connectivity index (χ2v) is 7.77. The van der Waals surface area contributed by atoms with Gasteiger partial charge in [-0.2, -0.15) is 0 Å². The summed E-state index contributed by atoms with van der Waals surface area (Å²) >= 11 is 6.86. The Bertz CT molecular complexity index is 1070. The van der Waals surface area contributed by atoms with Crippen molar-refractivity contribution >= 4 is 52.8 Å². The van der Waals surface area contributed by atoms with Crippen LogP contribution in [0.15, 0.2) is 47.5 Å². The minimum absolute atomic E-state index is 0.0681. The molecule has 3 heterocycles. The highest BCUT2D eigenvalue weighted by atomic mass is 32.1. The topological polar surface area (TPSA) is 56.0 Å². The Morgan fingerprint density at radius 2 is 2.12 bits per heavy atom. The van der Waals surface area contributed by atoms with Gasteiger partial charge in [0.2, 0.25) is 5.88 Å². The summed E-state index contributed by atoms with van der Waals surface area (Å²) in [4.78, 5) is 5.11. The molecule has 2 aliphatic heterocycles. The van der Waals surface area contributed by atoms with Gasteiger partial charge >= 0.3 is 0 Å². The second-order valence-electron chi connectivity index (χ2n) is 6.10.